The molecule has 0 aliphatic carbocycles. The van der Waals surface area contributed by atoms with Crippen LogP contribution in [0, 0.1) is 5.92 Å². The van der Waals surface area contributed by atoms with Gasteiger partial charge in [-0.15, -0.1) is 0 Å². The second-order valence-corrected chi connectivity index (χ2v) is 5.01. The molecule has 0 saturated carbocycles. The van der Waals surface area contributed by atoms with Crippen molar-refractivity contribution in [3.8, 4) is 0 Å². The van der Waals surface area contributed by atoms with Gasteiger partial charge in [-0.2, -0.15) is 0 Å². The van der Waals surface area contributed by atoms with Crippen LogP contribution in [-0.4, -0.2) is 18.0 Å². The first-order valence-corrected chi connectivity index (χ1v) is 6.52. The topological polar surface area (TPSA) is 52.6 Å². The SMILES string of the molecule is CC1CC(=O)OC(CC(=O)OCc2ccccc2)C1. The third kappa shape index (κ3) is 4.39. The molecule has 19 heavy (non-hydrogen) atoms. The number of esters is 2. The highest BCUT2D eigenvalue weighted by atomic mass is 16.6. The molecule has 0 N–H and O–H groups in total. The summed E-state index contributed by atoms with van der Waals surface area (Å²) in [5.74, 6) is -0.275. The molecule has 0 bridgehead atoms. The van der Waals surface area contributed by atoms with Gasteiger partial charge in [-0.05, 0) is 17.9 Å². The van der Waals surface area contributed by atoms with Crippen LogP contribution in [0.1, 0.15) is 31.7 Å². The molecule has 1 saturated heterocycles. The number of cyclic esters (lactones) is 1. The van der Waals surface area contributed by atoms with Crippen molar-refractivity contribution in [3.63, 3.8) is 0 Å². The largest absolute Gasteiger partial charge is 0.462 e. The van der Waals surface area contributed by atoms with Crippen LogP contribution in [0.3, 0.4) is 0 Å². The summed E-state index contributed by atoms with van der Waals surface area (Å²) in [5.41, 5.74) is 0.949. The van der Waals surface area contributed by atoms with Crippen molar-refractivity contribution < 1.29 is 19.1 Å². The van der Waals surface area contributed by atoms with Crippen LogP contribution in [-0.2, 0) is 25.7 Å². The Balaban J connectivity index is 1.76. The van der Waals surface area contributed by atoms with Crippen molar-refractivity contribution in [2.75, 3.05) is 0 Å². The highest BCUT2D eigenvalue weighted by Crippen LogP contribution is 2.22. The molecule has 1 aliphatic rings. The minimum atomic E-state index is -0.334. The Kier molecular flexibility index (Phi) is 4.55. The van der Waals surface area contributed by atoms with E-state index in [9.17, 15) is 9.59 Å². The monoisotopic (exact) mass is 262 g/mol. The van der Waals surface area contributed by atoms with Crippen molar-refractivity contribution in [1.29, 1.82) is 0 Å². The maximum atomic E-state index is 11.7. The first-order chi connectivity index (χ1) is 9.13. The number of rotatable bonds is 4. The van der Waals surface area contributed by atoms with E-state index in [4.69, 9.17) is 9.47 Å². The van der Waals surface area contributed by atoms with Gasteiger partial charge in [0.2, 0.25) is 0 Å². The van der Waals surface area contributed by atoms with Crippen molar-refractivity contribution in [2.24, 2.45) is 5.92 Å². The summed E-state index contributed by atoms with van der Waals surface area (Å²) >= 11 is 0. The third-order valence-corrected chi connectivity index (χ3v) is 3.12. The Labute approximate surface area is 112 Å². The summed E-state index contributed by atoms with van der Waals surface area (Å²) in [5, 5.41) is 0. The van der Waals surface area contributed by atoms with Gasteiger partial charge in [-0.1, -0.05) is 37.3 Å². The van der Waals surface area contributed by atoms with Crippen LogP contribution in [0.4, 0.5) is 0 Å². The van der Waals surface area contributed by atoms with Crippen LogP contribution in [0.25, 0.3) is 0 Å². The Morgan fingerprint density at radius 3 is 2.79 bits per heavy atom. The zero-order valence-electron chi connectivity index (χ0n) is 11.0. The van der Waals surface area contributed by atoms with E-state index in [0.29, 0.717) is 6.42 Å². The van der Waals surface area contributed by atoms with E-state index in [1.807, 2.05) is 37.3 Å². The second kappa shape index (κ2) is 6.36. The van der Waals surface area contributed by atoms with Crippen molar-refractivity contribution in [1.82, 2.24) is 0 Å². The molecule has 2 rings (SSSR count). The van der Waals surface area contributed by atoms with Gasteiger partial charge in [0, 0.05) is 6.42 Å². The zero-order chi connectivity index (χ0) is 13.7. The van der Waals surface area contributed by atoms with Crippen LogP contribution in [0.5, 0.6) is 0 Å². The maximum absolute atomic E-state index is 11.7. The summed E-state index contributed by atoms with van der Waals surface area (Å²) in [4.78, 5) is 23.0. The number of carbonyl (C=O) groups is 2. The van der Waals surface area contributed by atoms with Gasteiger partial charge < -0.3 is 9.47 Å². The summed E-state index contributed by atoms with van der Waals surface area (Å²) in [6.45, 7) is 2.25. The molecule has 102 valence electrons. The van der Waals surface area contributed by atoms with Crippen LogP contribution >= 0.6 is 0 Å². The summed E-state index contributed by atoms with van der Waals surface area (Å²) in [6, 6.07) is 9.50. The highest BCUT2D eigenvalue weighted by Gasteiger charge is 2.28. The van der Waals surface area contributed by atoms with E-state index in [0.717, 1.165) is 12.0 Å². The molecule has 0 radical (unpaired) electrons. The number of benzene rings is 1. The van der Waals surface area contributed by atoms with Crippen molar-refractivity contribution in [3.05, 3.63) is 35.9 Å². The lowest BCUT2D eigenvalue weighted by atomic mass is 9.96. The van der Waals surface area contributed by atoms with Gasteiger partial charge in [-0.3, -0.25) is 9.59 Å². The fourth-order valence-corrected chi connectivity index (χ4v) is 2.21. The summed E-state index contributed by atoms with van der Waals surface area (Å²) < 4.78 is 10.3. The number of ether oxygens (including phenoxy) is 2. The molecule has 2 atom stereocenters. The maximum Gasteiger partial charge on any atom is 0.309 e. The van der Waals surface area contributed by atoms with Crippen LogP contribution < -0.4 is 0 Å². The molecule has 1 aromatic carbocycles. The molecule has 0 spiro atoms. The molecule has 1 aromatic rings. The predicted molar refractivity (Wildman–Crippen MR) is 69.1 cm³/mol. The minimum absolute atomic E-state index is 0.142. The molecular weight excluding hydrogens is 244 g/mol. The van der Waals surface area contributed by atoms with Gasteiger partial charge in [0.05, 0.1) is 6.42 Å². The molecule has 1 heterocycles. The van der Waals surface area contributed by atoms with Crippen LogP contribution in [0.15, 0.2) is 30.3 Å². The highest BCUT2D eigenvalue weighted by molar-refractivity contribution is 5.73. The summed E-state index contributed by atoms with van der Waals surface area (Å²) in [7, 11) is 0. The first kappa shape index (κ1) is 13.6. The number of hydrogen-bond acceptors (Lipinski definition) is 4. The molecule has 4 nitrogen and oxygen atoms in total. The van der Waals surface area contributed by atoms with Crippen LogP contribution in [0.2, 0.25) is 0 Å². The quantitative estimate of drug-likeness (QED) is 0.782. The van der Waals surface area contributed by atoms with Gasteiger partial charge in [0.15, 0.2) is 0 Å². The molecule has 0 aromatic heterocycles. The van der Waals surface area contributed by atoms with Gasteiger partial charge in [0.1, 0.15) is 12.7 Å². The number of carbonyl (C=O) groups excluding carboxylic acids is 2. The molecule has 2 unspecified atom stereocenters. The lowest BCUT2D eigenvalue weighted by molar-refractivity contribution is -0.161. The van der Waals surface area contributed by atoms with Gasteiger partial charge in [-0.25, -0.2) is 0 Å². The number of hydrogen-bond donors (Lipinski definition) is 0. The van der Waals surface area contributed by atoms with Crippen molar-refractivity contribution in [2.45, 2.75) is 38.9 Å². The normalized spacial score (nSPS) is 22.7. The van der Waals surface area contributed by atoms with E-state index < -0.39 is 0 Å². The Morgan fingerprint density at radius 1 is 1.37 bits per heavy atom. The van der Waals surface area contributed by atoms with E-state index in [-0.39, 0.29) is 37.0 Å². The smallest absolute Gasteiger partial charge is 0.309 e. The molecule has 0 amide bonds. The zero-order valence-corrected chi connectivity index (χ0v) is 11.0. The first-order valence-electron chi connectivity index (χ1n) is 6.52. The van der Waals surface area contributed by atoms with E-state index >= 15 is 0 Å². The third-order valence-electron chi connectivity index (χ3n) is 3.12. The molecule has 4 heteroatoms. The van der Waals surface area contributed by atoms with E-state index in [1.54, 1.807) is 0 Å². The lowest BCUT2D eigenvalue weighted by Gasteiger charge is -2.25. The minimum Gasteiger partial charge on any atom is -0.462 e. The Bertz CT molecular complexity index is 441. The van der Waals surface area contributed by atoms with Crippen molar-refractivity contribution >= 4 is 11.9 Å². The van der Waals surface area contributed by atoms with Gasteiger partial charge >= 0.3 is 11.9 Å². The fraction of sp³-hybridized carbons (Fsp3) is 0.467. The molecule has 1 aliphatic heterocycles. The predicted octanol–water partition coefficient (Wildman–Crippen LogP) is 2.46. The average molecular weight is 262 g/mol. The summed E-state index contributed by atoms with van der Waals surface area (Å²) in [6.07, 6.45) is 0.976. The Hall–Kier alpha value is -1.84. The molecular formula is C15H18O4. The lowest BCUT2D eigenvalue weighted by Crippen LogP contribution is -2.30. The van der Waals surface area contributed by atoms with E-state index in [1.165, 1.54) is 0 Å². The Morgan fingerprint density at radius 2 is 2.11 bits per heavy atom. The standard InChI is InChI=1S/C15H18O4/c1-11-7-13(19-15(17)8-11)9-14(16)18-10-12-5-3-2-4-6-12/h2-6,11,13H,7-10H2,1H3. The van der Waals surface area contributed by atoms with E-state index in [2.05, 4.69) is 0 Å². The van der Waals surface area contributed by atoms with Gasteiger partial charge in [0.25, 0.3) is 0 Å². The molecule has 1 fully saturated rings. The average Bonchev–Trinajstić information content (AvgIpc) is 2.36. The fourth-order valence-electron chi connectivity index (χ4n) is 2.21. The second-order valence-electron chi connectivity index (χ2n) is 5.01.